The Balaban J connectivity index is 1.47. The molecule has 6 rings (SSSR count). The van der Waals surface area contributed by atoms with Crippen LogP contribution in [-0.2, 0) is 42.3 Å². The van der Waals surface area contributed by atoms with Crippen molar-refractivity contribution in [1.29, 1.82) is 0 Å². The molecule has 0 radical (unpaired) electrons. The molecule has 0 saturated heterocycles. The van der Waals surface area contributed by atoms with E-state index in [4.69, 9.17) is 0 Å². The molecule has 3 aliphatic carbocycles. The van der Waals surface area contributed by atoms with Crippen LogP contribution in [0.25, 0.3) is 5.57 Å². The van der Waals surface area contributed by atoms with Crippen LogP contribution < -0.4 is 5.32 Å². The van der Waals surface area contributed by atoms with Gasteiger partial charge in [0.05, 0.1) is 9.79 Å². The second-order valence-corrected chi connectivity index (χ2v) is 20.3. The van der Waals surface area contributed by atoms with Gasteiger partial charge in [-0.2, -0.15) is 16.8 Å². The number of benzene rings is 3. The fourth-order valence-electron chi connectivity index (χ4n) is 9.35. The number of fused-ring (bicyclic) bond motifs is 2. The summed E-state index contributed by atoms with van der Waals surface area (Å²) >= 11 is 0. The molecular formula is C49H59NO8S2. The molecule has 4 N–H and O–H groups in total. The third kappa shape index (κ3) is 9.49. The van der Waals surface area contributed by atoms with Crippen LogP contribution in [-0.4, -0.2) is 37.0 Å². The molecule has 0 amide bonds. The lowest BCUT2D eigenvalue weighted by molar-refractivity contribution is -0.136. The second kappa shape index (κ2) is 17.8. The predicted molar refractivity (Wildman–Crippen MR) is 239 cm³/mol. The van der Waals surface area contributed by atoms with Crippen molar-refractivity contribution in [2.75, 3.05) is 5.32 Å². The SMILES string of the molecule is CCCCC1=C(/C=C/C2=C(Nc3ccc(CCC(=O)O)cc3)C(=C/C=C3/C(CCCC)c4ccc(S(=O)(=O)O)cc4C3(C)C)/CCC2)C(C)(C)c2cc(S(=O)(=O)O)ccc21. The number of hydrogen-bond acceptors (Lipinski definition) is 6. The second-order valence-electron chi connectivity index (χ2n) is 17.5. The quantitative estimate of drug-likeness (QED) is 0.103. The summed E-state index contributed by atoms with van der Waals surface area (Å²) in [6.07, 6.45) is 17.6. The molecule has 3 aromatic carbocycles. The molecule has 1 atom stereocenters. The number of aliphatic carboxylic acids is 1. The number of nitrogens with one attached hydrogen (secondary N) is 1. The smallest absolute Gasteiger partial charge is 0.303 e. The van der Waals surface area contributed by atoms with E-state index in [9.17, 15) is 35.8 Å². The highest BCUT2D eigenvalue weighted by atomic mass is 32.2. The summed E-state index contributed by atoms with van der Waals surface area (Å²) < 4.78 is 68.7. The molecular weight excluding hydrogens is 795 g/mol. The Kier molecular flexibility index (Phi) is 13.4. The summed E-state index contributed by atoms with van der Waals surface area (Å²) in [7, 11) is -8.76. The molecule has 3 aliphatic rings. The van der Waals surface area contributed by atoms with E-state index >= 15 is 0 Å². The largest absolute Gasteiger partial charge is 0.481 e. The van der Waals surface area contributed by atoms with E-state index in [-0.39, 0.29) is 22.1 Å². The first-order valence-electron chi connectivity index (χ1n) is 21.2. The fourth-order valence-corrected chi connectivity index (χ4v) is 10.4. The molecule has 9 nitrogen and oxygen atoms in total. The number of allylic oxidation sites excluding steroid dienone is 9. The normalized spacial score (nSPS) is 20.0. The monoisotopic (exact) mass is 853 g/mol. The Hall–Kier alpha value is -4.55. The van der Waals surface area contributed by atoms with Gasteiger partial charge in [-0.25, -0.2) is 0 Å². The van der Waals surface area contributed by atoms with Gasteiger partial charge in [0.2, 0.25) is 0 Å². The zero-order chi connectivity index (χ0) is 43.6. The van der Waals surface area contributed by atoms with Gasteiger partial charge in [0.15, 0.2) is 0 Å². The number of carboxylic acids is 1. The van der Waals surface area contributed by atoms with Crippen LogP contribution in [0.5, 0.6) is 0 Å². The number of unbranched alkanes of at least 4 members (excludes halogenated alkanes) is 2. The van der Waals surface area contributed by atoms with E-state index < -0.39 is 37.0 Å². The van der Waals surface area contributed by atoms with Gasteiger partial charge in [-0.15, -0.1) is 0 Å². The van der Waals surface area contributed by atoms with Gasteiger partial charge in [-0.1, -0.05) is 115 Å². The minimum absolute atomic E-state index is 0.0540. The molecule has 3 aromatic rings. The maximum absolute atomic E-state index is 12.2. The summed E-state index contributed by atoms with van der Waals surface area (Å²) in [5.41, 5.74) is 11.4. The van der Waals surface area contributed by atoms with Crippen molar-refractivity contribution in [1.82, 2.24) is 0 Å². The maximum atomic E-state index is 12.2. The highest BCUT2D eigenvalue weighted by Crippen LogP contribution is 2.53. The molecule has 0 fully saturated rings. The number of anilines is 1. The van der Waals surface area contributed by atoms with E-state index in [1.165, 1.54) is 23.3 Å². The van der Waals surface area contributed by atoms with E-state index in [1.54, 1.807) is 12.1 Å². The highest BCUT2D eigenvalue weighted by Gasteiger charge is 2.42. The summed E-state index contributed by atoms with van der Waals surface area (Å²) in [6, 6.07) is 17.8. The lowest BCUT2D eigenvalue weighted by Crippen LogP contribution is -2.17. The molecule has 0 spiro atoms. The van der Waals surface area contributed by atoms with Crippen molar-refractivity contribution in [3.63, 3.8) is 0 Å². The maximum Gasteiger partial charge on any atom is 0.303 e. The van der Waals surface area contributed by atoms with Gasteiger partial charge in [-0.05, 0) is 131 Å². The zero-order valence-corrected chi connectivity index (χ0v) is 37.3. The molecule has 0 heterocycles. The van der Waals surface area contributed by atoms with Crippen LogP contribution in [0.2, 0.25) is 0 Å². The Morgan fingerprint density at radius 3 is 2.07 bits per heavy atom. The molecule has 320 valence electrons. The first-order valence-corrected chi connectivity index (χ1v) is 24.0. The van der Waals surface area contributed by atoms with E-state index in [0.29, 0.717) is 6.42 Å². The number of carbonyl (C=O) groups is 1. The summed E-state index contributed by atoms with van der Waals surface area (Å²) in [6.45, 7) is 12.8. The Morgan fingerprint density at radius 1 is 0.783 bits per heavy atom. The van der Waals surface area contributed by atoms with Crippen LogP contribution >= 0.6 is 0 Å². The molecule has 0 bridgehead atoms. The summed E-state index contributed by atoms with van der Waals surface area (Å²) in [5.74, 6) is -0.750. The van der Waals surface area contributed by atoms with E-state index in [2.05, 4.69) is 71.2 Å². The third-order valence-electron chi connectivity index (χ3n) is 12.7. The van der Waals surface area contributed by atoms with Crippen molar-refractivity contribution in [3.05, 3.63) is 141 Å². The van der Waals surface area contributed by atoms with Crippen molar-refractivity contribution in [2.45, 2.75) is 139 Å². The van der Waals surface area contributed by atoms with E-state index in [1.807, 2.05) is 36.4 Å². The Morgan fingerprint density at radius 2 is 1.43 bits per heavy atom. The lowest BCUT2D eigenvalue weighted by Gasteiger charge is -2.26. The van der Waals surface area contributed by atoms with Crippen LogP contribution in [0.15, 0.2) is 123 Å². The first kappa shape index (κ1) is 45.0. The van der Waals surface area contributed by atoms with Gasteiger partial charge in [0, 0.05) is 34.6 Å². The molecule has 0 aliphatic heterocycles. The highest BCUT2D eigenvalue weighted by molar-refractivity contribution is 7.86. The Bertz CT molecular complexity index is 2540. The predicted octanol–water partition coefficient (Wildman–Crippen LogP) is 11.7. The Labute approximate surface area is 356 Å². The van der Waals surface area contributed by atoms with Gasteiger partial charge in [0.25, 0.3) is 20.2 Å². The summed E-state index contributed by atoms with van der Waals surface area (Å²) in [5, 5.41) is 13.0. The number of aryl methyl sites for hydroxylation is 1. The van der Waals surface area contributed by atoms with Crippen molar-refractivity contribution in [3.8, 4) is 0 Å². The molecule has 0 aromatic heterocycles. The average molecular weight is 854 g/mol. The van der Waals surface area contributed by atoms with Gasteiger partial charge >= 0.3 is 5.97 Å². The fraction of sp³-hybridized carbons (Fsp3) is 0.408. The van der Waals surface area contributed by atoms with Gasteiger partial charge in [-0.3, -0.25) is 13.9 Å². The third-order valence-corrected chi connectivity index (χ3v) is 14.4. The number of rotatable bonds is 16. The van der Waals surface area contributed by atoms with Crippen molar-refractivity contribution in [2.24, 2.45) is 0 Å². The topological polar surface area (TPSA) is 158 Å². The standard InChI is InChI=1S/C49H59NO8S2/c1-7-9-14-38-40-25-23-36(59(53,54)55)30-44(40)48(3,4)42(38)27-19-33-12-11-13-34(47(33)50-35-21-16-32(17-22-35)18-29-46(51)52)20-28-43-39(15-10-8-2)41-26-24-37(60(56,57)58)31-45(41)49(43,5)6/h16-17,19-28,30-31,38,50H,7-15,18,29H2,1-6H3,(H,51,52)(H,53,54,55)(H,56,57,58)/b28-20+,33-19+,42-27-. The summed E-state index contributed by atoms with van der Waals surface area (Å²) in [4.78, 5) is 11.0. The lowest BCUT2D eigenvalue weighted by atomic mass is 9.79. The van der Waals surface area contributed by atoms with Gasteiger partial charge in [0.1, 0.15) is 0 Å². The minimum atomic E-state index is -4.38. The number of carboxylic acid groups (broad SMARTS) is 1. The van der Waals surface area contributed by atoms with E-state index in [0.717, 1.165) is 114 Å². The van der Waals surface area contributed by atoms with Crippen LogP contribution in [0, 0.1) is 0 Å². The zero-order valence-electron chi connectivity index (χ0n) is 35.6. The van der Waals surface area contributed by atoms with Crippen LogP contribution in [0.1, 0.15) is 139 Å². The molecule has 11 heteroatoms. The first-order chi connectivity index (χ1) is 28.3. The van der Waals surface area contributed by atoms with Crippen molar-refractivity contribution >= 4 is 37.5 Å². The van der Waals surface area contributed by atoms with Crippen molar-refractivity contribution < 1.29 is 35.8 Å². The molecule has 0 saturated carbocycles. The average Bonchev–Trinajstić information content (AvgIpc) is 3.54. The number of hydrogen-bond donors (Lipinski definition) is 4. The molecule has 60 heavy (non-hydrogen) atoms. The van der Waals surface area contributed by atoms with Crippen LogP contribution in [0.3, 0.4) is 0 Å². The molecule has 1 unspecified atom stereocenters. The minimum Gasteiger partial charge on any atom is -0.481 e. The van der Waals surface area contributed by atoms with Crippen LogP contribution in [0.4, 0.5) is 5.69 Å². The van der Waals surface area contributed by atoms with Gasteiger partial charge < -0.3 is 10.4 Å².